The summed E-state index contributed by atoms with van der Waals surface area (Å²) in [5, 5.41) is 0. The molecule has 0 amide bonds. The maximum absolute atomic E-state index is 12.9. The molecule has 1 atom stereocenters. The Hall–Kier alpha value is -2.63. The molecule has 0 aliphatic carbocycles. The molecule has 0 saturated heterocycles. The third-order valence-corrected chi connectivity index (χ3v) is 15.8. The van der Waals surface area contributed by atoms with Crippen molar-refractivity contribution >= 4 is 17.9 Å². The third kappa shape index (κ3) is 66.1. The summed E-state index contributed by atoms with van der Waals surface area (Å²) >= 11 is 0. The number of carbonyl (C=O) groups is 3. The normalized spacial score (nSPS) is 12.3. The lowest BCUT2D eigenvalue weighted by Gasteiger charge is -2.18. The zero-order chi connectivity index (χ0) is 57.1. The van der Waals surface area contributed by atoms with E-state index in [9.17, 15) is 14.4 Å². The van der Waals surface area contributed by atoms with Gasteiger partial charge in [-0.2, -0.15) is 0 Å². The van der Waals surface area contributed by atoms with Gasteiger partial charge in [-0.25, -0.2) is 0 Å². The van der Waals surface area contributed by atoms with Crippen LogP contribution in [0.15, 0.2) is 48.6 Å². The number of unbranched alkanes of at least 4 members (excludes halogenated alkanes) is 46. The highest BCUT2D eigenvalue weighted by Gasteiger charge is 2.19. The van der Waals surface area contributed by atoms with E-state index in [0.29, 0.717) is 19.3 Å². The first-order chi connectivity index (χ1) is 39.0. The summed E-state index contributed by atoms with van der Waals surface area (Å²) in [4.78, 5) is 38.4. The molecular weight excluding hydrogens is 973 g/mol. The van der Waals surface area contributed by atoms with E-state index >= 15 is 0 Å². The fraction of sp³-hybridized carbons (Fsp3) is 0.849. The summed E-state index contributed by atoms with van der Waals surface area (Å²) in [5.74, 6) is -0.857. The Bertz CT molecular complexity index is 1360. The number of hydrogen-bond donors (Lipinski definition) is 0. The molecule has 6 nitrogen and oxygen atoms in total. The van der Waals surface area contributed by atoms with E-state index in [-0.39, 0.29) is 31.1 Å². The Kier molecular flexibility index (Phi) is 65.6. The molecule has 0 bridgehead atoms. The van der Waals surface area contributed by atoms with Gasteiger partial charge in [-0.1, -0.05) is 307 Å². The van der Waals surface area contributed by atoms with Crippen LogP contribution in [0.5, 0.6) is 0 Å². The molecule has 79 heavy (non-hydrogen) atoms. The maximum atomic E-state index is 12.9. The van der Waals surface area contributed by atoms with Crippen molar-refractivity contribution in [3.05, 3.63) is 48.6 Å². The second-order valence-electron chi connectivity index (χ2n) is 23.8. The summed E-state index contributed by atoms with van der Waals surface area (Å²) in [7, 11) is 0. The van der Waals surface area contributed by atoms with Crippen LogP contribution in [-0.4, -0.2) is 37.2 Å². The van der Waals surface area contributed by atoms with Gasteiger partial charge in [0.15, 0.2) is 6.10 Å². The molecule has 0 rings (SSSR count). The SMILES string of the molecule is CCCCCCC/C=C\C/C=C\CCCCCCCCCCCCCCCCCC(=O)OCC(COC(=O)CCCCCCCCC/C=C\CCCCCCCC)OC(=O)CCCCCCCCC/C=C\CCCCCCCC. The predicted octanol–water partition coefficient (Wildman–Crippen LogP) is 24.1. The first kappa shape index (κ1) is 76.4. The molecule has 0 aromatic heterocycles. The van der Waals surface area contributed by atoms with Crippen LogP contribution < -0.4 is 0 Å². The van der Waals surface area contributed by atoms with Crippen LogP contribution in [0.25, 0.3) is 0 Å². The van der Waals surface area contributed by atoms with Crippen molar-refractivity contribution in [1.82, 2.24) is 0 Å². The number of hydrogen-bond acceptors (Lipinski definition) is 6. The van der Waals surface area contributed by atoms with Gasteiger partial charge in [-0.05, 0) is 103 Å². The van der Waals surface area contributed by atoms with Crippen LogP contribution in [-0.2, 0) is 28.6 Å². The quantitative estimate of drug-likeness (QED) is 0.0261. The minimum atomic E-state index is -0.777. The first-order valence-corrected chi connectivity index (χ1v) is 35.1. The number of allylic oxidation sites excluding steroid dienone is 8. The fourth-order valence-corrected chi connectivity index (χ4v) is 10.5. The van der Waals surface area contributed by atoms with Gasteiger partial charge in [0.1, 0.15) is 13.2 Å². The van der Waals surface area contributed by atoms with Crippen molar-refractivity contribution in [3.63, 3.8) is 0 Å². The van der Waals surface area contributed by atoms with Crippen LogP contribution in [0.1, 0.15) is 380 Å². The minimum Gasteiger partial charge on any atom is -0.462 e. The van der Waals surface area contributed by atoms with Gasteiger partial charge in [-0.3, -0.25) is 14.4 Å². The van der Waals surface area contributed by atoms with Gasteiger partial charge in [0.25, 0.3) is 0 Å². The van der Waals surface area contributed by atoms with Gasteiger partial charge < -0.3 is 14.2 Å². The van der Waals surface area contributed by atoms with Gasteiger partial charge >= 0.3 is 17.9 Å². The highest BCUT2D eigenvalue weighted by molar-refractivity contribution is 5.71. The van der Waals surface area contributed by atoms with Crippen molar-refractivity contribution in [2.75, 3.05) is 13.2 Å². The fourth-order valence-electron chi connectivity index (χ4n) is 10.5. The van der Waals surface area contributed by atoms with Crippen molar-refractivity contribution in [2.24, 2.45) is 0 Å². The summed E-state index contributed by atoms with van der Waals surface area (Å²) in [6, 6.07) is 0. The summed E-state index contributed by atoms with van der Waals surface area (Å²) in [5.41, 5.74) is 0. The van der Waals surface area contributed by atoms with Crippen LogP contribution in [0.4, 0.5) is 0 Å². The van der Waals surface area contributed by atoms with Gasteiger partial charge in [0.2, 0.25) is 0 Å². The molecule has 0 saturated carbocycles. The highest BCUT2D eigenvalue weighted by Crippen LogP contribution is 2.18. The Labute approximate surface area is 492 Å². The number of carbonyl (C=O) groups excluding carboxylic acids is 3. The molecule has 1 unspecified atom stereocenters. The van der Waals surface area contributed by atoms with Crippen LogP contribution >= 0.6 is 0 Å². The lowest BCUT2D eigenvalue weighted by atomic mass is 10.0. The monoisotopic (exact) mass is 1110 g/mol. The molecule has 0 fully saturated rings. The molecule has 0 radical (unpaired) electrons. The van der Waals surface area contributed by atoms with Crippen molar-refractivity contribution in [3.8, 4) is 0 Å². The first-order valence-electron chi connectivity index (χ1n) is 35.1. The van der Waals surface area contributed by atoms with E-state index in [1.165, 1.54) is 276 Å². The summed E-state index contributed by atoms with van der Waals surface area (Å²) in [6.07, 6.45) is 85.6. The molecule has 0 heterocycles. The lowest BCUT2D eigenvalue weighted by molar-refractivity contribution is -0.167. The molecule has 462 valence electrons. The Morgan fingerprint density at radius 1 is 0.253 bits per heavy atom. The summed E-state index contributed by atoms with van der Waals surface area (Å²) in [6.45, 7) is 6.68. The summed E-state index contributed by atoms with van der Waals surface area (Å²) < 4.78 is 17.0. The largest absolute Gasteiger partial charge is 0.462 e. The Balaban J connectivity index is 4.27. The predicted molar refractivity (Wildman–Crippen MR) is 344 cm³/mol. The van der Waals surface area contributed by atoms with E-state index in [4.69, 9.17) is 14.2 Å². The van der Waals surface area contributed by atoms with E-state index < -0.39 is 6.10 Å². The minimum absolute atomic E-state index is 0.0728. The second kappa shape index (κ2) is 67.9. The Morgan fingerprint density at radius 2 is 0.456 bits per heavy atom. The molecule has 0 aliphatic heterocycles. The molecule has 0 aliphatic rings. The van der Waals surface area contributed by atoms with Crippen LogP contribution in [0.2, 0.25) is 0 Å². The van der Waals surface area contributed by atoms with Gasteiger partial charge in [0, 0.05) is 19.3 Å². The standard InChI is InChI=1S/C73H134O6/c1-4-7-10-13-16-19-22-25-28-31-32-33-34-35-36-37-38-39-40-43-45-48-51-54-57-60-63-66-72(75)78-69-70(79-73(76)67-64-61-58-55-52-49-46-42-30-27-24-21-18-15-12-9-6-3)68-77-71(74)65-62-59-56-53-50-47-44-41-29-26-23-20-17-14-11-8-5-2/h22,25-27,29-32,70H,4-21,23-24,28,33-69H2,1-3H3/b25-22-,29-26-,30-27-,32-31-. The van der Waals surface area contributed by atoms with Crippen molar-refractivity contribution < 1.29 is 28.6 Å². The van der Waals surface area contributed by atoms with Crippen LogP contribution in [0, 0.1) is 0 Å². The number of ether oxygens (including phenoxy) is 3. The van der Waals surface area contributed by atoms with Crippen molar-refractivity contribution in [1.29, 1.82) is 0 Å². The van der Waals surface area contributed by atoms with E-state index in [2.05, 4.69) is 69.4 Å². The number of rotatable bonds is 65. The molecular formula is C73H134O6. The molecule has 0 spiro atoms. The smallest absolute Gasteiger partial charge is 0.306 e. The molecule has 6 heteroatoms. The molecule has 0 aromatic carbocycles. The van der Waals surface area contributed by atoms with Crippen molar-refractivity contribution in [2.45, 2.75) is 386 Å². The highest BCUT2D eigenvalue weighted by atomic mass is 16.6. The third-order valence-electron chi connectivity index (χ3n) is 15.8. The van der Waals surface area contributed by atoms with E-state index in [1.54, 1.807) is 0 Å². The maximum Gasteiger partial charge on any atom is 0.306 e. The zero-order valence-electron chi connectivity index (χ0n) is 53.2. The molecule has 0 aromatic rings. The number of esters is 3. The van der Waals surface area contributed by atoms with E-state index in [0.717, 1.165) is 64.2 Å². The Morgan fingerprint density at radius 3 is 0.709 bits per heavy atom. The average molecular weight is 1110 g/mol. The van der Waals surface area contributed by atoms with Crippen LogP contribution in [0.3, 0.4) is 0 Å². The molecule has 0 N–H and O–H groups in total. The van der Waals surface area contributed by atoms with E-state index in [1.807, 2.05) is 0 Å². The van der Waals surface area contributed by atoms with Gasteiger partial charge in [-0.15, -0.1) is 0 Å². The lowest BCUT2D eigenvalue weighted by Crippen LogP contribution is -2.30. The second-order valence-corrected chi connectivity index (χ2v) is 23.8. The van der Waals surface area contributed by atoms with Gasteiger partial charge in [0.05, 0.1) is 0 Å². The zero-order valence-corrected chi connectivity index (χ0v) is 53.2. The average Bonchev–Trinajstić information content (AvgIpc) is 3.45. The topological polar surface area (TPSA) is 78.9 Å².